The molecule has 2 heterocycles. The molecule has 3 aromatic rings. The summed E-state index contributed by atoms with van der Waals surface area (Å²) in [6.07, 6.45) is -0.924. The molecule has 1 aliphatic carbocycles. The minimum atomic E-state index is -2.06. The Balaban J connectivity index is 1.54. The van der Waals surface area contributed by atoms with E-state index < -0.39 is 46.9 Å². The number of hydrogen-bond acceptors (Lipinski definition) is 5. The van der Waals surface area contributed by atoms with Crippen molar-refractivity contribution in [3.63, 3.8) is 0 Å². The summed E-state index contributed by atoms with van der Waals surface area (Å²) in [5, 5.41) is 0. The van der Waals surface area contributed by atoms with Crippen molar-refractivity contribution in [3.05, 3.63) is 99.5 Å². The summed E-state index contributed by atoms with van der Waals surface area (Å²) in [6.45, 7) is 1.91. The molecule has 6 rings (SSSR count). The zero-order valence-corrected chi connectivity index (χ0v) is 19.6. The molecule has 3 aromatic carbocycles. The monoisotopic (exact) mass is 515 g/mol. The number of carbonyl (C=O) groups excluding carboxylic acids is 4. The molecular formula is C27H18BrNO5. The maximum absolute atomic E-state index is 13.8. The lowest BCUT2D eigenvalue weighted by Crippen LogP contribution is -2.51. The molecule has 2 aliphatic heterocycles. The lowest BCUT2D eigenvalue weighted by Gasteiger charge is -2.27. The van der Waals surface area contributed by atoms with E-state index in [0.29, 0.717) is 11.3 Å². The van der Waals surface area contributed by atoms with Gasteiger partial charge in [-0.3, -0.25) is 19.2 Å². The van der Waals surface area contributed by atoms with Crippen molar-refractivity contribution in [2.75, 3.05) is 4.90 Å². The van der Waals surface area contributed by atoms with E-state index in [0.717, 1.165) is 14.9 Å². The van der Waals surface area contributed by atoms with Gasteiger partial charge in [0.25, 0.3) is 0 Å². The Morgan fingerprint density at radius 3 is 1.97 bits per heavy atom. The number of nitrogens with zero attached hydrogens (tertiary/aromatic N) is 1. The molecule has 1 spiro atoms. The first-order chi connectivity index (χ1) is 16.3. The van der Waals surface area contributed by atoms with Crippen LogP contribution < -0.4 is 4.90 Å². The summed E-state index contributed by atoms with van der Waals surface area (Å²) in [7, 11) is 0. The number of benzene rings is 3. The van der Waals surface area contributed by atoms with E-state index in [2.05, 4.69) is 15.9 Å². The van der Waals surface area contributed by atoms with Gasteiger partial charge >= 0.3 is 0 Å². The summed E-state index contributed by atoms with van der Waals surface area (Å²) in [5.74, 6) is -4.43. The molecular weight excluding hydrogens is 498 g/mol. The largest absolute Gasteiger partial charge is 0.349 e. The number of amides is 2. The van der Waals surface area contributed by atoms with Gasteiger partial charge in [-0.05, 0) is 36.8 Å². The number of carbonyl (C=O) groups is 4. The molecule has 7 heteroatoms. The zero-order valence-electron chi connectivity index (χ0n) is 18.0. The molecule has 3 atom stereocenters. The summed E-state index contributed by atoms with van der Waals surface area (Å²) >= 11 is 3.40. The van der Waals surface area contributed by atoms with Crippen molar-refractivity contribution >= 4 is 45.0 Å². The molecule has 2 amide bonds. The van der Waals surface area contributed by atoms with Gasteiger partial charge in [0.1, 0.15) is 0 Å². The van der Waals surface area contributed by atoms with Gasteiger partial charge in [-0.2, -0.15) is 0 Å². The normalized spacial score (nSPS) is 24.8. The number of fused-ring (bicyclic) bond motifs is 3. The predicted molar refractivity (Wildman–Crippen MR) is 126 cm³/mol. The maximum Gasteiger partial charge on any atom is 0.241 e. The number of ether oxygens (including phenoxy) is 1. The number of imide groups is 1. The number of Topliss-reactive ketones (excluding diaryl/α,β-unsaturated/α-hetero) is 2. The first-order valence-corrected chi connectivity index (χ1v) is 11.7. The van der Waals surface area contributed by atoms with Crippen molar-refractivity contribution in [1.29, 1.82) is 0 Å². The van der Waals surface area contributed by atoms with Crippen LogP contribution in [0.2, 0.25) is 0 Å². The first-order valence-electron chi connectivity index (χ1n) is 10.9. The minimum absolute atomic E-state index is 0.219. The van der Waals surface area contributed by atoms with Crippen molar-refractivity contribution in [3.8, 4) is 0 Å². The van der Waals surface area contributed by atoms with Crippen LogP contribution in [0.1, 0.15) is 37.9 Å². The van der Waals surface area contributed by atoms with Crippen molar-refractivity contribution in [2.45, 2.75) is 18.6 Å². The minimum Gasteiger partial charge on any atom is -0.349 e. The zero-order chi connectivity index (χ0) is 23.8. The van der Waals surface area contributed by atoms with Crippen LogP contribution in [0.4, 0.5) is 5.69 Å². The second-order valence-corrected chi connectivity index (χ2v) is 9.80. The van der Waals surface area contributed by atoms with Gasteiger partial charge in [0, 0.05) is 15.6 Å². The van der Waals surface area contributed by atoms with Crippen LogP contribution >= 0.6 is 15.9 Å². The lowest BCUT2D eigenvalue weighted by atomic mass is 9.77. The predicted octanol–water partition coefficient (Wildman–Crippen LogP) is 4.45. The Kier molecular flexibility index (Phi) is 4.53. The fourth-order valence-electron chi connectivity index (χ4n) is 5.42. The van der Waals surface area contributed by atoms with Crippen LogP contribution in [-0.2, 0) is 14.3 Å². The highest BCUT2D eigenvalue weighted by Crippen LogP contribution is 2.57. The third-order valence-corrected chi connectivity index (χ3v) is 7.54. The van der Waals surface area contributed by atoms with Crippen molar-refractivity contribution in [1.82, 2.24) is 0 Å². The fraction of sp³-hybridized carbons (Fsp3) is 0.185. The van der Waals surface area contributed by atoms with Crippen molar-refractivity contribution < 1.29 is 23.9 Å². The van der Waals surface area contributed by atoms with E-state index in [1.165, 1.54) is 0 Å². The molecule has 0 saturated carbocycles. The van der Waals surface area contributed by atoms with E-state index in [-0.39, 0.29) is 11.1 Å². The van der Waals surface area contributed by atoms with Crippen LogP contribution in [0.25, 0.3) is 0 Å². The first kappa shape index (κ1) is 21.1. The number of hydrogen-bond donors (Lipinski definition) is 0. The molecule has 6 nitrogen and oxygen atoms in total. The van der Waals surface area contributed by atoms with Crippen molar-refractivity contribution in [2.24, 2.45) is 11.8 Å². The SMILES string of the molecule is Cc1ccc(N2C(=O)[C@@H]3[C@@H](C2=O)C2(O[C@H]3c3ccc(Br)cc3)C(=O)c3ccccc3C2=O)cc1. The van der Waals surface area contributed by atoms with Crippen LogP contribution in [0, 0.1) is 18.8 Å². The second-order valence-electron chi connectivity index (χ2n) is 8.88. The van der Waals surface area contributed by atoms with Gasteiger partial charge in [-0.15, -0.1) is 0 Å². The Bertz CT molecular complexity index is 1360. The molecule has 0 aromatic heterocycles. The smallest absolute Gasteiger partial charge is 0.241 e. The average molecular weight is 516 g/mol. The van der Waals surface area contributed by atoms with Gasteiger partial charge in [0.05, 0.1) is 23.6 Å². The molecule has 0 N–H and O–H groups in total. The summed E-state index contributed by atoms with van der Waals surface area (Å²) in [4.78, 5) is 56.1. The van der Waals surface area contributed by atoms with Gasteiger partial charge < -0.3 is 4.74 Å². The van der Waals surface area contributed by atoms with Crippen LogP contribution in [0.15, 0.2) is 77.3 Å². The third kappa shape index (κ3) is 2.65. The third-order valence-electron chi connectivity index (χ3n) is 7.01. The molecule has 0 bridgehead atoms. The van der Waals surface area contributed by atoms with Gasteiger partial charge in [-0.25, -0.2) is 4.90 Å². The van der Waals surface area contributed by atoms with Crippen LogP contribution in [-0.4, -0.2) is 29.0 Å². The topological polar surface area (TPSA) is 80.8 Å². The van der Waals surface area contributed by atoms with E-state index in [4.69, 9.17) is 4.74 Å². The number of ketones is 2. The quantitative estimate of drug-likeness (QED) is 0.372. The lowest BCUT2D eigenvalue weighted by molar-refractivity contribution is -0.127. The summed E-state index contributed by atoms with van der Waals surface area (Å²) in [5.41, 5.74) is 0.396. The molecule has 3 aliphatic rings. The Morgan fingerprint density at radius 1 is 0.794 bits per heavy atom. The fourth-order valence-corrected chi connectivity index (χ4v) is 5.68. The van der Waals surface area contributed by atoms with E-state index in [1.807, 2.05) is 19.1 Å². The number of anilines is 1. The molecule has 34 heavy (non-hydrogen) atoms. The van der Waals surface area contributed by atoms with E-state index >= 15 is 0 Å². The summed E-state index contributed by atoms with van der Waals surface area (Å²) < 4.78 is 7.10. The molecule has 2 fully saturated rings. The molecule has 0 radical (unpaired) electrons. The van der Waals surface area contributed by atoms with E-state index in [9.17, 15) is 19.2 Å². The van der Waals surface area contributed by atoms with Gasteiger partial charge in [0.15, 0.2) is 0 Å². The standard InChI is InChI=1S/C27H18BrNO5/c1-14-6-12-17(13-7-14)29-25(32)20-21(26(29)33)27(34-22(20)15-8-10-16(28)11-9-15)23(30)18-4-2-3-5-19(18)24(27)31/h2-13,20-22H,1H3/t20-,21+,22+/m1/s1. The Hall–Kier alpha value is -3.42. The number of rotatable bonds is 2. The van der Waals surface area contributed by atoms with Crippen LogP contribution in [0.3, 0.4) is 0 Å². The number of aryl methyl sites for hydroxylation is 1. The Labute approximate surface area is 203 Å². The Morgan fingerprint density at radius 2 is 1.38 bits per heavy atom. The van der Waals surface area contributed by atoms with Gasteiger partial charge in [-0.1, -0.05) is 70.0 Å². The molecule has 2 saturated heterocycles. The summed E-state index contributed by atoms with van der Waals surface area (Å²) in [6, 6.07) is 20.6. The second kappa shape index (κ2) is 7.29. The highest BCUT2D eigenvalue weighted by atomic mass is 79.9. The molecule has 168 valence electrons. The maximum atomic E-state index is 13.8. The highest BCUT2D eigenvalue weighted by molar-refractivity contribution is 9.10. The van der Waals surface area contributed by atoms with Crippen LogP contribution in [0.5, 0.6) is 0 Å². The van der Waals surface area contributed by atoms with E-state index in [1.54, 1.807) is 60.7 Å². The highest BCUT2D eigenvalue weighted by Gasteiger charge is 2.74. The molecule has 0 unspecified atom stereocenters. The van der Waals surface area contributed by atoms with Gasteiger partial charge in [0.2, 0.25) is 29.0 Å². The number of halogens is 1. The average Bonchev–Trinajstić information content (AvgIpc) is 3.40.